The van der Waals surface area contributed by atoms with Crippen LogP contribution in [-0.2, 0) is 6.54 Å². The van der Waals surface area contributed by atoms with Crippen LogP contribution >= 0.6 is 0 Å². The Balaban J connectivity index is 1.73. The maximum absolute atomic E-state index is 5.92. The highest BCUT2D eigenvalue weighted by Gasteiger charge is 2.20. The van der Waals surface area contributed by atoms with Gasteiger partial charge in [0.15, 0.2) is 11.5 Å². The lowest BCUT2D eigenvalue weighted by molar-refractivity contribution is 0.173. The van der Waals surface area contributed by atoms with Gasteiger partial charge in [-0.25, -0.2) is 0 Å². The average molecular weight is 249 g/mol. The maximum atomic E-state index is 5.92. The van der Waals surface area contributed by atoms with Crippen molar-refractivity contribution < 1.29 is 14.2 Å². The summed E-state index contributed by atoms with van der Waals surface area (Å²) < 4.78 is 16.6. The molecule has 0 atom stereocenters. The summed E-state index contributed by atoms with van der Waals surface area (Å²) in [5.74, 6) is 3.06. The molecule has 4 nitrogen and oxygen atoms in total. The van der Waals surface area contributed by atoms with Crippen molar-refractivity contribution in [3.8, 4) is 17.2 Å². The first-order valence-electron chi connectivity index (χ1n) is 6.62. The number of fused-ring (bicyclic) bond motifs is 1. The summed E-state index contributed by atoms with van der Waals surface area (Å²) in [5, 5.41) is 0. The minimum Gasteiger partial charge on any atom is -0.493 e. The summed E-state index contributed by atoms with van der Waals surface area (Å²) in [6.45, 7) is 1.52. The predicted octanol–water partition coefficient (Wildman–Crippen LogP) is 2.44. The molecule has 0 radical (unpaired) electrons. The van der Waals surface area contributed by atoms with Crippen LogP contribution in [0.25, 0.3) is 0 Å². The van der Waals surface area contributed by atoms with E-state index in [0.29, 0.717) is 12.5 Å². The van der Waals surface area contributed by atoms with E-state index in [1.807, 2.05) is 12.1 Å². The van der Waals surface area contributed by atoms with E-state index in [-0.39, 0.29) is 6.79 Å². The molecule has 0 unspecified atom stereocenters. The second-order valence-electron chi connectivity index (χ2n) is 4.98. The number of benzene rings is 1. The van der Waals surface area contributed by atoms with Gasteiger partial charge in [-0.3, -0.25) is 0 Å². The minimum absolute atomic E-state index is 0.283. The smallest absolute Gasteiger partial charge is 0.231 e. The first kappa shape index (κ1) is 11.7. The fourth-order valence-corrected chi connectivity index (χ4v) is 2.64. The van der Waals surface area contributed by atoms with Crippen molar-refractivity contribution in [2.45, 2.75) is 32.2 Å². The zero-order valence-electron chi connectivity index (χ0n) is 10.5. The fraction of sp³-hybridized carbons (Fsp3) is 0.571. The molecule has 0 saturated heterocycles. The third-order valence-corrected chi connectivity index (χ3v) is 3.72. The van der Waals surface area contributed by atoms with Gasteiger partial charge in [-0.1, -0.05) is 12.8 Å². The quantitative estimate of drug-likeness (QED) is 0.890. The molecular formula is C14H19NO3. The Hall–Kier alpha value is -1.42. The Bertz CT molecular complexity index is 427. The summed E-state index contributed by atoms with van der Waals surface area (Å²) in [4.78, 5) is 0. The molecule has 0 bridgehead atoms. The molecule has 1 fully saturated rings. The minimum atomic E-state index is 0.283. The monoisotopic (exact) mass is 249 g/mol. The SMILES string of the molecule is NCc1cc2c(cc1OCC1CCCC1)OCO2. The van der Waals surface area contributed by atoms with Crippen LogP contribution < -0.4 is 19.9 Å². The van der Waals surface area contributed by atoms with E-state index in [0.717, 1.165) is 29.4 Å². The van der Waals surface area contributed by atoms with Crippen molar-refractivity contribution in [3.05, 3.63) is 17.7 Å². The van der Waals surface area contributed by atoms with Crippen molar-refractivity contribution in [2.75, 3.05) is 13.4 Å². The standard InChI is InChI=1S/C14H19NO3/c15-7-11-5-13-14(18-9-17-13)6-12(11)16-8-10-3-1-2-4-10/h5-6,10H,1-4,7-9,15H2. The second kappa shape index (κ2) is 5.06. The highest BCUT2D eigenvalue weighted by atomic mass is 16.7. The summed E-state index contributed by atoms with van der Waals surface area (Å²) in [6, 6.07) is 3.83. The van der Waals surface area contributed by atoms with Crippen LogP contribution in [0.2, 0.25) is 0 Å². The molecule has 4 heteroatoms. The molecule has 3 rings (SSSR count). The van der Waals surface area contributed by atoms with Crippen molar-refractivity contribution in [2.24, 2.45) is 11.7 Å². The molecule has 18 heavy (non-hydrogen) atoms. The van der Waals surface area contributed by atoms with Crippen LogP contribution in [0, 0.1) is 5.92 Å². The van der Waals surface area contributed by atoms with E-state index < -0.39 is 0 Å². The summed E-state index contributed by atoms with van der Waals surface area (Å²) in [6.07, 6.45) is 5.23. The number of ether oxygens (including phenoxy) is 3. The van der Waals surface area contributed by atoms with Crippen LogP contribution in [0.1, 0.15) is 31.2 Å². The van der Waals surface area contributed by atoms with Gasteiger partial charge in [0.25, 0.3) is 0 Å². The molecule has 1 aliphatic heterocycles. The van der Waals surface area contributed by atoms with E-state index in [2.05, 4.69) is 0 Å². The molecule has 0 aromatic heterocycles. The maximum Gasteiger partial charge on any atom is 0.231 e. The lowest BCUT2D eigenvalue weighted by Crippen LogP contribution is -2.10. The molecule has 1 aliphatic carbocycles. The summed E-state index contributed by atoms with van der Waals surface area (Å²) in [5.41, 5.74) is 6.74. The Morgan fingerprint density at radius 3 is 2.61 bits per heavy atom. The van der Waals surface area contributed by atoms with Gasteiger partial charge in [0.2, 0.25) is 6.79 Å². The molecule has 2 aliphatic rings. The number of hydrogen-bond acceptors (Lipinski definition) is 4. The average Bonchev–Trinajstić information content (AvgIpc) is 3.05. The van der Waals surface area contributed by atoms with Crippen LogP contribution in [0.3, 0.4) is 0 Å². The largest absolute Gasteiger partial charge is 0.493 e. The first-order chi connectivity index (χ1) is 8.86. The number of hydrogen-bond donors (Lipinski definition) is 1. The van der Waals surface area contributed by atoms with Crippen LogP contribution in [0.15, 0.2) is 12.1 Å². The zero-order valence-corrected chi connectivity index (χ0v) is 10.5. The molecule has 98 valence electrons. The van der Waals surface area contributed by atoms with Gasteiger partial charge in [-0.15, -0.1) is 0 Å². The molecule has 1 saturated carbocycles. The third kappa shape index (κ3) is 2.25. The third-order valence-electron chi connectivity index (χ3n) is 3.72. The Kier molecular flexibility index (Phi) is 3.28. The van der Waals surface area contributed by atoms with E-state index in [1.165, 1.54) is 25.7 Å². The Labute approximate surface area is 107 Å². The van der Waals surface area contributed by atoms with Gasteiger partial charge in [0.05, 0.1) is 6.61 Å². The van der Waals surface area contributed by atoms with Crippen molar-refractivity contribution in [1.82, 2.24) is 0 Å². The Morgan fingerprint density at radius 1 is 1.17 bits per heavy atom. The van der Waals surface area contributed by atoms with Gasteiger partial charge in [0.1, 0.15) is 5.75 Å². The first-order valence-corrected chi connectivity index (χ1v) is 6.62. The van der Waals surface area contributed by atoms with Crippen LogP contribution in [-0.4, -0.2) is 13.4 Å². The Morgan fingerprint density at radius 2 is 1.89 bits per heavy atom. The molecule has 1 aromatic rings. The van der Waals surface area contributed by atoms with Gasteiger partial charge >= 0.3 is 0 Å². The summed E-state index contributed by atoms with van der Waals surface area (Å²) >= 11 is 0. The normalized spacial score (nSPS) is 18.3. The molecule has 2 N–H and O–H groups in total. The van der Waals surface area contributed by atoms with Crippen LogP contribution in [0.5, 0.6) is 17.2 Å². The van der Waals surface area contributed by atoms with Crippen molar-refractivity contribution in [3.63, 3.8) is 0 Å². The van der Waals surface area contributed by atoms with Crippen molar-refractivity contribution >= 4 is 0 Å². The predicted molar refractivity (Wildman–Crippen MR) is 67.9 cm³/mol. The number of rotatable bonds is 4. The molecule has 1 heterocycles. The molecular weight excluding hydrogens is 230 g/mol. The highest BCUT2D eigenvalue weighted by Crippen LogP contribution is 2.38. The topological polar surface area (TPSA) is 53.7 Å². The molecule has 1 aromatic carbocycles. The van der Waals surface area contributed by atoms with Gasteiger partial charge in [-0.05, 0) is 24.8 Å². The fourth-order valence-electron chi connectivity index (χ4n) is 2.64. The summed E-state index contributed by atoms with van der Waals surface area (Å²) in [7, 11) is 0. The lowest BCUT2D eigenvalue weighted by Gasteiger charge is -2.14. The van der Waals surface area contributed by atoms with Crippen molar-refractivity contribution in [1.29, 1.82) is 0 Å². The molecule has 0 spiro atoms. The lowest BCUT2D eigenvalue weighted by atomic mass is 10.1. The van der Waals surface area contributed by atoms with Gasteiger partial charge in [-0.2, -0.15) is 0 Å². The number of nitrogens with two attached hydrogens (primary N) is 1. The van der Waals surface area contributed by atoms with E-state index in [9.17, 15) is 0 Å². The molecule has 0 amide bonds. The van der Waals surface area contributed by atoms with Crippen LogP contribution in [0.4, 0.5) is 0 Å². The second-order valence-corrected chi connectivity index (χ2v) is 4.98. The van der Waals surface area contributed by atoms with E-state index in [4.69, 9.17) is 19.9 Å². The van der Waals surface area contributed by atoms with Gasteiger partial charge in [0, 0.05) is 18.2 Å². The zero-order chi connectivity index (χ0) is 12.4. The highest BCUT2D eigenvalue weighted by molar-refractivity contribution is 5.51. The van der Waals surface area contributed by atoms with Gasteiger partial charge < -0.3 is 19.9 Å². The van der Waals surface area contributed by atoms with E-state index in [1.54, 1.807) is 0 Å². The van der Waals surface area contributed by atoms with E-state index >= 15 is 0 Å².